The molecule has 1 aliphatic rings. The summed E-state index contributed by atoms with van der Waals surface area (Å²) < 4.78 is 0. The smallest absolute Gasteiger partial charge is 0.191 e. The van der Waals surface area contributed by atoms with E-state index in [1.54, 1.807) is 0 Å². The summed E-state index contributed by atoms with van der Waals surface area (Å²) in [6, 6.07) is 13.0. The Kier molecular flexibility index (Phi) is 7.29. The van der Waals surface area contributed by atoms with Crippen molar-refractivity contribution in [3.8, 4) is 0 Å². The average Bonchev–Trinajstić information content (AvgIpc) is 3.25. The average molecular weight is 380 g/mol. The molecule has 2 aromatic rings. The fourth-order valence-corrected chi connectivity index (χ4v) is 3.45. The minimum Gasteiger partial charge on any atom is -0.357 e. The lowest BCUT2D eigenvalue weighted by atomic mass is 10.0. The fourth-order valence-electron chi connectivity index (χ4n) is 3.45. The van der Waals surface area contributed by atoms with Crippen LogP contribution in [0.15, 0.2) is 47.6 Å². The van der Waals surface area contributed by atoms with Gasteiger partial charge in [0.1, 0.15) is 5.82 Å². The minimum atomic E-state index is 0.423. The second-order valence-corrected chi connectivity index (χ2v) is 7.60. The molecule has 1 aliphatic heterocycles. The molecule has 1 aromatic heterocycles. The molecule has 5 nitrogen and oxygen atoms in total. The highest BCUT2D eigenvalue weighted by molar-refractivity contribution is 5.79. The second-order valence-electron chi connectivity index (χ2n) is 7.60. The van der Waals surface area contributed by atoms with Crippen LogP contribution < -0.4 is 15.5 Å². The largest absolute Gasteiger partial charge is 0.357 e. The van der Waals surface area contributed by atoms with Gasteiger partial charge in [0.15, 0.2) is 5.96 Å². The first-order chi connectivity index (χ1) is 13.7. The Labute approximate surface area is 169 Å². The molecule has 0 bridgehead atoms. The minimum absolute atomic E-state index is 0.423. The molecule has 28 heavy (non-hydrogen) atoms. The lowest BCUT2D eigenvalue weighted by Gasteiger charge is -2.17. The number of pyridine rings is 1. The summed E-state index contributed by atoms with van der Waals surface area (Å²) in [6.07, 6.45) is 4.42. The van der Waals surface area contributed by atoms with Crippen molar-refractivity contribution in [2.75, 3.05) is 31.1 Å². The predicted molar refractivity (Wildman–Crippen MR) is 118 cm³/mol. The van der Waals surface area contributed by atoms with E-state index < -0.39 is 0 Å². The number of nitrogens with zero attached hydrogens (tertiary/aromatic N) is 3. The molecule has 5 heteroatoms. The Morgan fingerprint density at radius 2 is 1.89 bits per heavy atom. The Morgan fingerprint density at radius 1 is 1.14 bits per heavy atom. The highest BCUT2D eigenvalue weighted by atomic mass is 15.2. The van der Waals surface area contributed by atoms with Gasteiger partial charge in [-0.1, -0.05) is 36.8 Å². The topological polar surface area (TPSA) is 52.6 Å². The van der Waals surface area contributed by atoms with Crippen molar-refractivity contribution in [3.05, 3.63) is 59.3 Å². The summed E-state index contributed by atoms with van der Waals surface area (Å²) in [5.74, 6) is 2.37. The van der Waals surface area contributed by atoms with E-state index in [0.29, 0.717) is 12.5 Å². The zero-order valence-corrected chi connectivity index (χ0v) is 17.4. The lowest BCUT2D eigenvalue weighted by Crippen LogP contribution is -2.39. The number of anilines is 1. The van der Waals surface area contributed by atoms with Crippen LogP contribution >= 0.6 is 0 Å². The quantitative estimate of drug-likeness (QED) is 0.567. The van der Waals surface area contributed by atoms with Gasteiger partial charge in [-0.15, -0.1) is 0 Å². The van der Waals surface area contributed by atoms with Crippen LogP contribution in [0.5, 0.6) is 0 Å². The first kappa shape index (κ1) is 20.2. The van der Waals surface area contributed by atoms with E-state index in [4.69, 9.17) is 4.99 Å². The van der Waals surface area contributed by atoms with Crippen molar-refractivity contribution in [3.63, 3.8) is 0 Å². The molecular formula is C23H33N5. The number of aryl methyl sites for hydroxylation is 1. The number of nitrogens with one attached hydrogen (secondary N) is 2. The number of hydrogen-bond donors (Lipinski definition) is 2. The molecule has 0 amide bonds. The first-order valence-corrected chi connectivity index (χ1v) is 10.4. The summed E-state index contributed by atoms with van der Waals surface area (Å²) in [4.78, 5) is 11.7. The van der Waals surface area contributed by atoms with Crippen LogP contribution in [0.4, 0.5) is 5.82 Å². The van der Waals surface area contributed by atoms with Crippen molar-refractivity contribution in [1.82, 2.24) is 15.6 Å². The molecule has 1 aromatic carbocycles. The summed E-state index contributed by atoms with van der Waals surface area (Å²) in [5.41, 5.74) is 3.84. The number of guanidine groups is 1. The molecule has 1 saturated heterocycles. The van der Waals surface area contributed by atoms with Crippen LogP contribution in [0.1, 0.15) is 49.3 Å². The van der Waals surface area contributed by atoms with Gasteiger partial charge in [-0.2, -0.15) is 0 Å². The molecule has 3 rings (SSSR count). The molecule has 2 heterocycles. The number of hydrogen-bond acceptors (Lipinski definition) is 3. The number of aromatic nitrogens is 1. The molecule has 0 saturated carbocycles. The van der Waals surface area contributed by atoms with Gasteiger partial charge in [0.2, 0.25) is 0 Å². The van der Waals surface area contributed by atoms with Gasteiger partial charge in [0, 0.05) is 32.4 Å². The van der Waals surface area contributed by atoms with E-state index in [1.807, 2.05) is 6.20 Å². The van der Waals surface area contributed by atoms with Crippen molar-refractivity contribution in [2.45, 2.75) is 46.1 Å². The van der Waals surface area contributed by atoms with Gasteiger partial charge >= 0.3 is 0 Å². The maximum absolute atomic E-state index is 4.78. The van der Waals surface area contributed by atoms with Crippen molar-refractivity contribution < 1.29 is 0 Å². The maximum atomic E-state index is 4.78. The SMILES string of the molecule is CCNC(=NCc1ccnc(N2CCCC2)c1)NCC(C)c1ccc(C)cc1. The molecular weight excluding hydrogens is 346 g/mol. The molecule has 1 unspecified atom stereocenters. The van der Waals surface area contributed by atoms with Crippen LogP contribution in [0, 0.1) is 6.92 Å². The Hall–Kier alpha value is -2.56. The van der Waals surface area contributed by atoms with Gasteiger partial charge in [0.05, 0.1) is 6.54 Å². The maximum Gasteiger partial charge on any atom is 0.191 e. The van der Waals surface area contributed by atoms with Crippen LogP contribution in [0.25, 0.3) is 0 Å². The third-order valence-electron chi connectivity index (χ3n) is 5.23. The van der Waals surface area contributed by atoms with Crippen LogP contribution in [-0.2, 0) is 6.54 Å². The normalized spacial score (nSPS) is 15.5. The number of rotatable bonds is 7. The third-order valence-corrected chi connectivity index (χ3v) is 5.23. The third kappa shape index (κ3) is 5.72. The first-order valence-electron chi connectivity index (χ1n) is 10.4. The van der Waals surface area contributed by atoms with E-state index in [-0.39, 0.29) is 0 Å². The Bertz CT molecular complexity index is 763. The molecule has 150 valence electrons. The Morgan fingerprint density at radius 3 is 2.61 bits per heavy atom. The van der Waals surface area contributed by atoms with Gasteiger partial charge in [0.25, 0.3) is 0 Å². The van der Waals surface area contributed by atoms with Gasteiger partial charge in [-0.3, -0.25) is 0 Å². The van der Waals surface area contributed by atoms with Crippen LogP contribution in [-0.4, -0.2) is 37.1 Å². The zero-order valence-electron chi connectivity index (χ0n) is 17.4. The van der Waals surface area contributed by atoms with Gasteiger partial charge in [-0.25, -0.2) is 9.98 Å². The standard InChI is InChI=1S/C23H33N5/c1-4-24-23(26-16-19(3)21-9-7-18(2)8-10-21)27-17-20-11-12-25-22(15-20)28-13-5-6-14-28/h7-12,15,19H,4-6,13-14,16-17H2,1-3H3,(H2,24,26,27). The van der Waals surface area contributed by atoms with Crippen molar-refractivity contribution >= 4 is 11.8 Å². The van der Waals surface area contributed by atoms with E-state index >= 15 is 0 Å². The van der Waals surface area contributed by atoms with Gasteiger partial charge < -0.3 is 15.5 Å². The molecule has 0 radical (unpaired) electrons. The van der Waals surface area contributed by atoms with Gasteiger partial charge in [-0.05, 0) is 55.9 Å². The lowest BCUT2D eigenvalue weighted by molar-refractivity contribution is 0.699. The highest BCUT2D eigenvalue weighted by Crippen LogP contribution is 2.19. The second kappa shape index (κ2) is 10.1. The summed E-state index contributed by atoms with van der Waals surface area (Å²) in [7, 11) is 0. The van der Waals surface area contributed by atoms with E-state index in [2.05, 4.69) is 77.7 Å². The van der Waals surface area contributed by atoms with Crippen LogP contribution in [0.3, 0.4) is 0 Å². The van der Waals surface area contributed by atoms with E-state index in [1.165, 1.54) is 29.5 Å². The number of aliphatic imine (C=N–C) groups is 1. The Balaban J connectivity index is 1.59. The molecule has 1 fully saturated rings. The molecule has 0 aliphatic carbocycles. The fraction of sp³-hybridized carbons (Fsp3) is 0.478. The van der Waals surface area contributed by atoms with Crippen molar-refractivity contribution in [1.29, 1.82) is 0 Å². The zero-order chi connectivity index (χ0) is 19.8. The molecule has 2 N–H and O–H groups in total. The number of benzene rings is 1. The van der Waals surface area contributed by atoms with E-state index in [0.717, 1.165) is 38.0 Å². The van der Waals surface area contributed by atoms with E-state index in [9.17, 15) is 0 Å². The molecule has 0 spiro atoms. The summed E-state index contributed by atoms with van der Waals surface area (Å²) in [6.45, 7) is 11.0. The molecule has 1 atom stereocenters. The predicted octanol–water partition coefficient (Wildman–Crippen LogP) is 3.85. The monoisotopic (exact) mass is 379 g/mol. The summed E-state index contributed by atoms with van der Waals surface area (Å²) >= 11 is 0. The van der Waals surface area contributed by atoms with Crippen molar-refractivity contribution in [2.24, 2.45) is 4.99 Å². The highest BCUT2D eigenvalue weighted by Gasteiger charge is 2.13. The summed E-state index contributed by atoms with van der Waals surface area (Å²) in [5, 5.41) is 6.84. The van der Waals surface area contributed by atoms with Crippen LogP contribution in [0.2, 0.25) is 0 Å².